The molecule has 3 rings (SSSR count). The van der Waals surface area contributed by atoms with Crippen molar-refractivity contribution in [3.63, 3.8) is 0 Å². The number of guanidine groups is 1. The van der Waals surface area contributed by atoms with Crippen molar-refractivity contribution in [2.45, 2.75) is 46.4 Å². The largest absolute Gasteiger partial charge is 0.497 e. The van der Waals surface area contributed by atoms with Crippen LogP contribution in [-0.2, 0) is 17.8 Å². The van der Waals surface area contributed by atoms with Crippen molar-refractivity contribution in [2.24, 2.45) is 4.99 Å². The molecule has 0 radical (unpaired) electrons. The molecule has 1 saturated heterocycles. The summed E-state index contributed by atoms with van der Waals surface area (Å²) in [6.07, 6.45) is 1.06. The van der Waals surface area contributed by atoms with Crippen LogP contribution >= 0.6 is 0 Å². The first kappa shape index (κ1) is 22.0. The van der Waals surface area contributed by atoms with E-state index in [9.17, 15) is 0 Å². The van der Waals surface area contributed by atoms with Crippen molar-refractivity contribution in [3.8, 4) is 11.5 Å². The van der Waals surface area contributed by atoms with Gasteiger partial charge in [0, 0.05) is 25.1 Å². The monoisotopic (exact) mass is 411 g/mol. The molecular formula is C24H33N3O3. The molecule has 6 nitrogen and oxygen atoms in total. The SMILES string of the molecule is CCNC(=NCc1cc(C)cc(OC)c1)NCc1ccc(C)cc1OC1CCOC1. The minimum Gasteiger partial charge on any atom is -0.497 e. The lowest BCUT2D eigenvalue weighted by Crippen LogP contribution is -2.37. The average Bonchev–Trinajstić information content (AvgIpc) is 3.24. The highest BCUT2D eigenvalue weighted by Crippen LogP contribution is 2.24. The Labute approximate surface area is 179 Å². The van der Waals surface area contributed by atoms with Crippen molar-refractivity contribution in [3.05, 3.63) is 58.7 Å². The number of rotatable bonds is 8. The molecule has 0 aromatic heterocycles. The first-order valence-electron chi connectivity index (χ1n) is 10.6. The lowest BCUT2D eigenvalue weighted by atomic mass is 10.1. The third-order valence-electron chi connectivity index (χ3n) is 4.96. The lowest BCUT2D eigenvalue weighted by molar-refractivity contribution is 0.140. The third-order valence-corrected chi connectivity index (χ3v) is 4.96. The average molecular weight is 412 g/mol. The van der Waals surface area contributed by atoms with E-state index in [0.29, 0.717) is 19.7 Å². The summed E-state index contributed by atoms with van der Waals surface area (Å²) in [6.45, 7) is 9.63. The predicted molar refractivity (Wildman–Crippen MR) is 120 cm³/mol. The van der Waals surface area contributed by atoms with Crippen LogP contribution in [0.1, 0.15) is 35.6 Å². The van der Waals surface area contributed by atoms with Gasteiger partial charge in [-0.2, -0.15) is 0 Å². The highest BCUT2D eigenvalue weighted by molar-refractivity contribution is 5.79. The first-order valence-corrected chi connectivity index (χ1v) is 10.6. The molecule has 1 unspecified atom stereocenters. The van der Waals surface area contributed by atoms with Gasteiger partial charge in [0.1, 0.15) is 17.6 Å². The smallest absolute Gasteiger partial charge is 0.191 e. The van der Waals surface area contributed by atoms with Gasteiger partial charge in [0.25, 0.3) is 0 Å². The van der Waals surface area contributed by atoms with Gasteiger partial charge in [-0.3, -0.25) is 0 Å². The minimum absolute atomic E-state index is 0.128. The molecule has 0 amide bonds. The van der Waals surface area contributed by atoms with E-state index in [1.54, 1.807) is 7.11 Å². The highest BCUT2D eigenvalue weighted by Gasteiger charge is 2.18. The third kappa shape index (κ3) is 6.39. The van der Waals surface area contributed by atoms with Crippen LogP contribution in [0, 0.1) is 13.8 Å². The number of hydrogen-bond donors (Lipinski definition) is 2. The van der Waals surface area contributed by atoms with Crippen LogP contribution in [0.4, 0.5) is 0 Å². The van der Waals surface area contributed by atoms with Crippen LogP contribution in [0.2, 0.25) is 0 Å². The van der Waals surface area contributed by atoms with Crippen LogP contribution in [0.25, 0.3) is 0 Å². The van der Waals surface area contributed by atoms with Gasteiger partial charge in [-0.1, -0.05) is 18.2 Å². The maximum Gasteiger partial charge on any atom is 0.191 e. The maximum atomic E-state index is 6.21. The summed E-state index contributed by atoms with van der Waals surface area (Å²) < 4.78 is 17.0. The van der Waals surface area contributed by atoms with E-state index in [-0.39, 0.29) is 6.10 Å². The summed E-state index contributed by atoms with van der Waals surface area (Å²) in [5, 5.41) is 6.75. The van der Waals surface area contributed by atoms with Crippen LogP contribution in [0.5, 0.6) is 11.5 Å². The number of hydrogen-bond acceptors (Lipinski definition) is 4. The van der Waals surface area contributed by atoms with E-state index in [4.69, 9.17) is 19.2 Å². The summed E-state index contributed by atoms with van der Waals surface area (Å²) >= 11 is 0. The van der Waals surface area contributed by atoms with Gasteiger partial charge < -0.3 is 24.8 Å². The molecule has 2 aromatic rings. The normalized spacial score (nSPS) is 16.4. The van der Waals surface area contributed by atoms with Crippen molar-refractivity contribution in [1.29, 1.82) is 0 Å². The molecule has 0 bridgehead atoms. The first-order chi connectivity index (χ1) is 14.6. The van der Waals surface area contributed by atoms with E-state index >= 15 is 0 Å². The van der Waals surface area contributed by atoms with Crippen molar-refractivity contribution < 1.29 is 14.2 Å². The van der Waals surface area contributed by atoms with E-state index < -0.39 is 0 Å². The Bertz CT molecular complexity index is 861. The second-order valence-electron chi connectivity index (χ2n) is 7.62. The fraction of sp³-hybridized carbons (Fsp3) is 0.458. The zero-order chi connectivity index (χ0) is 21.3. The zero-order valence-electron chi connectivity index (χ0n) is 18.5. The zero-order valence-corrected chi connectivity index (χ0v) is 18.5. The molecule has 2 N–H and O–H groups in total. The number of nitrogens with zero attached hydrogens (tertiary/aromatic N) is 1. The Balaban J connectivity index is 1.68. The number of ether oxygens (including phenoxy) is 3. The fourth-order valence-electron chi connectivity index (χ4n) is 3.43. The molecule has 6 heteroatoms. The Morgan fingerprint density at radius 2 is 2.00 bits per heavy atom. The second-order valence-corrected chi connectivity index (χ2v) is 7.62. The van der Waals surface area contributed by atoms with E-state index in [2.05, 4.69) is 55.7 Å². The summed E-state index contributed by atoms with van der Waals surface area (Å²) in [7, 11) is 1.69. The van der Waals surface area contributed by atoms with Crippen molar-refractivity contribution >= 4 is 5.96 Å². The van der Waals surface area contributed by atoms with E-state index in [0.717, 1.165) is 53.7 Å². The second kappa shape index (κ2) is 10.9. The molecule has 0 saturated carbocycles. The van der Waals surface area contributed by atoms with Crippen molar-refractivity contribution in [1.82, 2.24) is 10.6 Å². The molecule has 1 heterocycles. The van der Waals surface area contributed by atoms with Crippen LogP contribution in [0.3, 0.4) is 0 Å². The topological polar surface area (TPSA) is 64.1 Å². The van der Waals surface area contributed by atoms with Crippen LogP contribution < -0.4 is 20.1 Å². The molecule has 162 valence electrons. The molecule has 1 fully saturated rings. The lowest BCUT2D eigenvalue weighted by Gasteiger charge is -2.18. The summed E-state index contributed by atoms with van der Waals surface area (Å²) in [6, 6.07) is 12.5. The van der Waals surface area contributed by atoms with Gasteiger partial charge in [-0.25, -0.2) is 4.99 Å². The standard InChI is InChI=1S/C24H33N3O3/c1-5-25-24(26-14-19-10-18(3)11-22(13-19)28-4)27-15-20-7-6-17(2)12-23(20)30-21-8-9-29-16-21/h6-7,10-13,21H,5,8-9,14-16H2,1-4H3,(H2,25,26,27). The van der Waals surface area contributed by atoms with Gasteiger partial charge in [0.15, 0.2) is 5.96 Å². The molecule has 30 heavy (non-hydrogen) atoms. The number of benzene rings is 2. The quantitative estimate of drug-likeness (QED) is 0.512. The minimum atomic E-state index is 0.128. The van der Waals surface area contributed by atoms with Gasteiger partial charge >= 0.3 is 0 Å². The van der Waals surface area contributed by atoms with Crippen molar-refractivity contribution in [2.75, 3.05) is 26.9 Å². The molecule has 2 aromatic carbocycles. The Hall–Kier alpha value is -2.73. The molecule has 1 atom stereocenters. The van der Waals surface area contributed by atoms with Crippen LogP contribution in [-0.4, -0.2) is 38.9 Å². The molecule has 0 spiro atoms. The number of methoxy groups -OCH3 is 1. The van der Waals surface area contributed by atoms with Gasteiger partial charge in [0.05, 0.1) is 26.9 Å². The van der Waals surface area contributed by atoms with E-state index in [1.807, 2.05) is 12.1 Å². The maximum absolute atomic E-state index is 6.21. The molecule has 1 aliphatic rings. The number of aryl methyl sites for hydroxylation is 2. The number of nitrogens with one attached hydrogen (secondary N) is 2. The molecule has 0 aliphatic carbocycles. The Kier molecular flexibility index (Phi) is 7.97. The number of aliphatic imine (C=N–C) groups is 1. The summed E-state index contributed by atoms with van der Waals surface area (Å²) in [4.78, 5) is 4.74. The summed E-state index contributed by atoms with van der Waals surface area (Å²) in [5.41, 5.74) is 4.57. The van der Waals surface area contributed by atoms with E-state index in [1.165, 1.54) is 5.56 Å². The van der Waals surface area contributed by atoms with Gasteiger partial charge in [0.2, 0.25) is 0 Å². The van der Waals surface area contributed by atoms with Gasteiger partial charge in [-0.15, -0.1) is 0 Å². The molecule has 1 aliphatic heterocycles. The fourth-order valence-corrected chi connectivity index (χ4v) is 3.43. The predicted octanol–water partition coefficient (Wildman–Crippen LogP) is 3.74. The molecular weight excluding hydrogens is 378 g/mol. The Morgan fingerprint density at radius 3 is 2.73 bits per heavy atom. The van der Waals surface area contributed by atoms with Crippen LogP contribution in [0.15, 0.2) is 41.4 Å². The summed E-state index contributed by atoms with van der Waals surface area (Å²) in [5.74, 6) is 2.54. The highest BCUT2D eigenvalue weighted by atomic mass is 16.5. The van der Waals surface area contributed by atoms with Gasteiger partial charge in [-0.05, 0) is 55.7 Å². The Morgan fingerprint density at radius 1 is 1.13 bits per heavy atom.